The molecule has 1 aromatic heterocycles. The number of rotatable bonds is 5. The van der Waals surface area contributed by atoms with Crippen molar-refractivity contribution in [3.63, 3.8) is 0 Å². The summed E-state index contributed by atoms with van der Waals surface area (Å²) in [5.41, 5.74) is 1.94. The van der Waals surface area contributed by atoms with Crippen LogP contribution < -0.4 is 5.56 Å². The Morgan fingerprint density at radius 2 is 2.00 bits per heavy atom. The highest BCUT2D eigenvalue weighted by atomic mass is 16.1. The maximum Gasteiger partial charge on any atom is 0.250 e. The van der Waals surface area contributed by atoms with Crippen molar-refractivity contribution in [2.45, 2.75) is 19.9 Å². The van der Waals surface area contributed by atoms with E-state index in [0.29, 0.717) is 6.54 Å². The van der Waals surface area contributed by atoms with Gasteiger partial charge in [0, 0.05) is 18.8 Å². The molecule has 2 nitrogen and oxygen atoms in total. The Hall–Kier alpha value is -1.83. The van der Waals surface area contributed by atoms with Gasteiger partial charge < -0.3 is 4.57 Å². The Kier molecular flexibility index (Phi) is 4.52. The number of aromatic nitrogens is 1. The maximum absolute atomic E-state index is 11.4. The van der Waals surface area contributed by atoms with E-state index in [1.807, 2.05) is 18.2 Å². The summed E-state index contributed by atoms with van der Waals surface area (Å²) >= 11 is 0. The third-order valence-electron chi connectivity index (χ3n) is 2.28. The molecule has 2 heteroatoms. The Labute approximate surface area is 96.2 Å². The van der Waals surface area contributed by atoms with Gasteiger partial charge in [0.05, 0.1) is 0 Å². The van der Waals surface area contributed by atoms with E-state index in [0.717, 1.165) is 17.6 Å². The van der Waals surface area contributed by atoms with Gasteiger partial charge in [0.1, 0.15) is 0 Å². The minimum absolute atomic E-state index is 0.00799. The molecular weight excluding hydrogens is 198 g/mol. The SMILES string of the molecule is C=C(/C=C\C(=C)Cn1ccccc1=O)CC. The average Bonchev–Trinajstić information content (AvgIpc) is 2.29. The molecule has 1 heterocycles. The summed E-state index contributed by atoms with van der Waals surface area (Å²) in [6, 6.07) is 5.11. The van der Waals surface area contributed by atoms with Crippen LogP contribution in [0.3, 0.4) is 0 Å². The summed E-state index contributed by atoms with van der Waals surface area (Å²) < 4.78 is 1.63. The summed E-state index contributed by atoms with van der Waals surface area (Å²) in [6.45, 7) is 10.4. The van der Waals surface area contributed by atoms with Gasteiger partial charge in [-0.2, -0.15) is 0 Å². The van der Waals surface area contributed by atoms with Gasteiger partial charge in [-0.25, -0.2) is 0 Å². The third-order valence-corrected chi connectivity index (χ3v) is 2.28. The molecule has 0 amide bonds. The summed E-state index contributed by atoms with van der Waals surface area (Å²) in [7, 11) is 0. The van der Waals surface area contributed by atoms with Crippen molar-refractivity contribution >= 4 is 0 Å². The minimum atomic E-state index is -0.00799. The Morgan fingerprint density at radius 3 is 2.62 bits per heavy atom. The van der Waals surface area contributed by atoms with Gasteiger partial charge in [0.25, 0.3) is 5.56 Å². The van der Waals surface area contributed by atoms with Gasteiger partial charge in [0.2, 0.25) is 0 Å². The smallest absolute Gasteiger partial charge is 0.250 e. The first-order chi connectivity index (χ1) is 7.63. The van der Waals surface area contributed by atoms with Crippen molar-refractivity contribution in [2.75, 3.05) is 0 Å². The zero-order chi connectivity index (χ0) is 12.0. The molecule has 84 valence electrons. The van der Waals surface area contributed by atoms with E-state index < -0.39 is 0 Å². The highest BCUT2D eigenvalue weighted by Gasteiger charge is 1.94. The highest BCUT2D eigenvalue weighted by Crippen LogP contribution is 2.03. The molecule has 0 aliphatic rings. The van der Waals surface area contributed by atoms with Crippen LogP contribution in [-0.2, 0) is 6.54 Å². The normalized spacial score (nSPS) is 10.6. The lowest BCUT2D eigenvalue weighted by Crippen LogP contribution is -2.18. The molecule has 0 saturated heterocycles. The van der Waals surface area contributed by atoms with E-state index in [1.165, 1.54) is 0 Å². The molecule has 1 rings (SSSR count). The summed E-state index contributed by atoms with van der Waals surface area (Å²) in [4.78, 5) is 11.4. The predicted octanol–water partition coefficient (Wildman–Crippen LogP) is 2.93. The molecule has 0 N–H and O–H groups in total. The molecule has 1 aromatic rings. The maximum atomic E-state index is 11.4. The number of nitrogens with zero attached hydrogens (tertiary/aromatic N) is 1. The summed E-state index contributed by atoms with van der Waals surface area (Å²) in [5, 5.41) is 0. The Morgan fingerprint density at radius 1 is 1.31 bits per heavy atom. The first kappa shape index (κ1) is 12.2. The van der Waals surface area contributed by atoms with Crippen LogP contribution in [0.1, 0.15) is 13.3 Å². The molecule has 0 aromatic carbocycles. The predicted molar refractivity (Wildman–Crippen MR) is 68.4 cm³/mol. The van der Waals surface area contributed by atoms with Gasteiger partial charge in [-0.3, -0.25) is 4.79 Å². The topological polar surface area (TPSA) is 22.0 Å². The van der Waals surface area contributed by atoms with Crippen molar-refractivity contribution in [3.05, 3.63) is 71.2 Å². The molecule has 0 spiro atoms. The largest absolute Gasteiger partial charge is 0.311 e. The fraction of sp³-hybridized carbons (Fsp3) is 0.214. The van der Waals surface area contributed by atoms with Crippen LogP contribution in [0.4, 0.5) is 0 Å². The van der Waals surface area contributed by atoms with Crippen LogP contribution in [0.15, 0.2) is 65.6 Å². The van der Waals surface area contributed by atoms with Crippen molar-refractivity contribution in [1.82, 2.24) is 4.57 Å². The molecule has 0 aliphatic heterocycles. The number of hydrogen-bond donors (Lipinski definition) is 0. The average molecular weight is 215 g/mol. The zero-order valence-electron chi connectivity index (χ0n) is 9.65. The second kappa shape index (κ2) is 5.91. The molecule has 0 aliphatic carbocycles. The second-order valence-electron chi connectivity index (χ2n) is 3.67. The van der Waals surface area contributed by atoms with E-state index in [2.05, 4.69) is 20.1 Å². The van der Waals surface area contributed by atoms with Crippen LogP contribution in [0.5, 0.6) is 0 Å². The first-order valence-electron chi connectivity index (χ1n) is 5.32. The van der Waals surface area contributed by atoms with Gasteiger partial charge in [0.15, 0.2) is 0 Å². The molecule has 0 atom stereocenters. The first-order valence-corrected chi connectivity index (χ1v) is 5.32. The number of allylic oxidation sites excluding steroid dienone is 4. The van der Waals surface area contributed by atoms with Crippen LogP contribution >= 0.6 is 0 Å². The van der Waals surface area contributed by atoms with Crippen LogP contribution in [0.25, 0.3) is 0 Å². The van der Waals surface area contributed by atoms with Crippen LogP contribution in [0.2, 0.25) is 0 Å². The lowest BCUT2D eigenvalue weighted by Gasteiger charge is -2.04. The van der Waals surface area contributed by atoms with Crippen LogP contribution in [0, 0.1) is 0 Å². The second-order valence-corrected chi connectivity index (χ2v) is 3.67. The lowest BCUT2D eigenvalue weighted by atomic mass is 10.2. The quantitative estimate of drug-likeness (QED) is 0.692. The Balaban J connectivity index is 2.66. The molecule has 16 heavy (non-hydrogen) atoms. The fourth-order valence-electron chi connectivity index (χ4n) is 1.22. The van der Waals surface area contributed by atoms with Crippen molar-refractivity contribution in [1.29, 1.82) is 0 Å². The van der Waals surface area contributed by atoms with E-state index in [-0.39, 0.29) is 5.56 Å². The van der Waals surface area contributed by atoms with Crippen molar-refractivity contribution in [2.24, 2.45) is 0 Å². The van der Waals surface area contributed by atoms with Crippen molar-refractivity contribution in [3.8, 4) is 0 Å². The molecule has 0 radical (unpaired) electrons. The summed E-state index contributed by atoms with van der Waals surface area (Å²) in [6.07, 6.45) is 6.53. The van der Waals surface area contributed by atoms with E-state index in [1.54, 1.807) is 22.9 Å². The molecule has 0 saturated carbocycles. The van der Waals surface area contributed by atoms with Crippen molar-refractivity contribution < 1.29 is 0 Å². The van der Waals surface area contributed by atoms with E-state index in [4.69, 9.17) is 0 Å². The van der Waals surface area contributed by atoms with Crippen LogP contribution in [-0.4, -0.2) is 4.57 Å². The summed E-state index contributed by atoms with van der Waals surface area (Å²) in [5.74, 6) is 0. The molecular formula is C14H17NO. The van der Waals surface area contributed by atoms with Gasteiger partial charge >= 0.3 is 0 Å². The molecule has 0 unspecified atom stereocenters. The highest BCUT2D eigenvalue weighted by molar-refractivity contribution is 5.24. The van der Waals surface area contributed by atoms with Gasteiger partial charge in [-0.15, -0.1) is 0 Å². The minimum Gasteiger partial charge on any atom is -0.311 e. The number of hydrogen-bond acceptors (Lipinski definition) is 1. The van der Waals surface area contributed by atoms with E-state index in [9.17, 15) is 4.79 Å². The monoisotopic (exact) mass is 215 g/mol. The number of pyridine rings is 1. The van der Waals surface area contributed by atoms with Gasteiger partial charge in [-0.05, 0) is 18.1 Å². The fourth-order valence-corrected chi connectivity index (χ4v) is 1.22. The third kappa shape index (κ3) is 3.73. The standard InChI is InChI=1S/C14H17NO/c1-4-12(2)8-9-13(3)11-15-10-6-5-7-14(15)16/h5-10H,2-4,11H2,1H3/b9-8-. The molecule has 0 bridgehead atoms. The molecule has 0 fully saturated rings. The zero-order valence-corrected chi connectivity index (χ0v) is 9.65. The Bertz CT molecular complexity index is 466. The van der Waals surface area contributed by atoms with Gasteiger partial charge in [-0.1, -0.05) is 43.9 Å². The van der Waals surface area contributed by atoms with E-state index >= 15 is 0 Å². The lowest BCUT2D eigenvalue weighted by molar-refractivity contribution is 0.760.